The van der Waals surface area contributed by atoms with Gasteiger partial charge in [-0.1, -0.05) is 66.7 Å². The van der Waals surface area contributed by atoms with Crippen molar-refractivity contribution in [3.8, 4) is 0 Å². The molecular weight excluding hydrogens is 218 g/mol. The van der Waals surface area contributed by atoms with Gasteiger partial charge >= 0.3 is 0 Å². The Balaban J connectivity index is 1.59. The Morgan fingerprint density at radius 2 is 1.44 bits per heavy atom. The first kappa shape index (κ1) is 11.2. The van der Waals surface area contributed by atoms with E-state index >= 15 is 0 Å². The van der Waals surface area contributed by atoms with Gasteiger partial charge < -0.3 is 0 Å². The molecule has 0 saturated carbocycles. The zero-order valence-corrected chi connectivity index (χ0v) is 10.4. The minimum atomic E-state index is 1.02. The van der Waals surface area contributed by atoms with E-state index in [1.165, 1.54) is 16.7 Å². The molecule has 0 spiro atoms. The largest absolute Gasteiger partial charge is 0.291 e. The van der Waals surface area contributed by atoms with Crippen molar-refractivity contribution in [2.75, 3.05) is 6.54 Å². The summed E-state index contributed by atoms with van der Waals surface area (Å²) >= 11 is 0. The van der Waals surface area contributed by atoms with E-state index in [1.807, 2.05) is 0 Å². The molecule has 0 fully saturated rings. The Hall–Kier alpha value is -1.86. The van der Waals surface area contributed by atoms with Gasteiger partial charge in [0.15, 0.2) is 0 Å². The minimum Gasteiger partial charge on any atom is -0.291 e. The van der Waals surface area contributed by atoms with Crippen LogP contribution >= 0.6 is 0 Å². The molecule has 0 unspecified atom stereocenters. The van der Waals surface area contributed by atoms with Crippen LogP contribution in [0, 0.1) is 0 Å². The fourth-order valence-corrected chi connectivity index (χ4v) is 2.43. The first-order valence-electron chi connectivity index (χ1n) is 6.42. The van der Waals surface area contributed by atoms with Gasteiger partial charge in [0.05, 0.1) is 0 Å². The first-order valence-corrected chi connectivity index (χ1v) is 6.42. The molecule has 1 heterocycles. The monoisotopic (exact) mass is 235 g/mol. The van der Waals surface area contributed by atoms with Crippen LogP contribution in [0.3, 0.4) is 0 Å². The third-order valence-corrected chi connectivity index (χ3v) is 3.38. The molecule has 1 aliphatic heterocycles. The molecule has 1 aliphatic rings. The van der Waals surface area contributed by atoms with Gasteiger partial charge in [0.25, 0.3) is 0 Å². The molecule has 2 aromatic rings. The normalized spacial score (nSPS) is 15.1. The summed E-state index contributed by atoms with van der Waals surface area (Å²) in [5, 5.41) is 0. The quantitative estimate of drug-likeness (QED) is 0.783. The highest BCUT2D eigenvalue weighted by Gasteiger charge is 2.16. The van der Waals surface area contributed by atoms with Crippen molar-refractivity contribution < 1.29 is 0 Å². The fourth-order valence-electron chi connectivity index (χ4n) is 2.43. The van der Waals surface area contributed by atoms with Crippen LogP contribution in [0.2, 0.25) is 0 Å². The van der Waals surface area contributed by atoms with Gasteiger partial charge in [0.1, 0.15) is 0 Å². The molecular formula is C17H17N. The summed E-state index contributed by atoms with van der Waals surface area (Å²) in [6.07, 6.45) is 4.45. The van der Waals surface area contributed by atoms with Crippen LogP contribution in [0.15, 0.2) is 60.7 Å². The standard InChI is InChI=1S/C17H17N/c1-2-7-15(8-3-1)9-6-12-18-13-16-10-4-5-11-17(16)14-18/h1-11H,12-14H2. The van der Waals surface area contributed by atoms with Crippen molar-refractivity contribution in [1.29, 1.82) is 0 Å². The van der Waals surface area contributed by atoms with E-state index in [2.05, 4.69) is 71.6 Å². The molecule has 0 aromatic heterocycles. The third kappa shape index (κ3) is 2.52. The van der Waals surface area contributed by atoms with E-state index in [9.17, 15) is 0 Å². The summed E-state index contributed by atoms with van der Waals surface area (Å²) in [5.41, 5.74) is 4.23. The summed E-state index contributed by atoms with van der Waals surface area (Å²) in [6.45, 7) is 3.17. The molecule has 0 N–H and O–H groups in total. The highest BCUT2D eigenvalue weighted by molar-refractivity contribution is 5.48. The van der Waals surface area contributed by atoms with Gasteiger partial charge in [-0.3, -0.25) is 4.90 Å². The molecule has 18 heavy (non-hydrogen) atoms. The SMILES string of the molecule is C(=Cc1ccccc1)CN1Cc2ccccc2C1. The molecule has 0 saturated heterocycles. The van der Waals surface area contributed by atoms with Gasteiger partial charge in [0.2, 0.25) is 0 Å². The van der Waals surface area contributed by atoms with E-state index < -0.39 is 0 Å². The lowest BCUT2D eigenvalue weighted by Gasteiger charge is -2.11. The van der Waals surface area contributed by atoms with Crippen molar-refractivity contribution >= 4 is 6.08 Å². The van der Waals surface area contributed by atoms with Crippen LogP contribution in [0.1, 0.15) is 16.7 Å². The zero-order chi connectivity index (χ0) is 12.2. The lowest BCUT2D eigenvalue weighted by Crippen LogP contribution is -2.15. The zero-order valence-electron chi connectivity index (χ0n) is 10.4. The molecule has 0 bridgehead atoms. The summed E-state index contributed by atoms with van der Waals surface area (Å²) in [5.74, 6) is 0. The second kappa shape index (κ2) is 5.19. The third-order valence-electron chi connectivity index (χ3n) is 3.38. The van der Waals surface area contributed by atoms with Crippen LogP contribution < -0.4 is 0 Å². The van der Waals surface area contributed by atoms with E-state index in [-0.39, 0.29) is 0 Å². The number of nitrogens with zero attached hydrogens (tertiary/aromatic N) is 1. The second-order valence-corrected chi connectivity index (χ2v) is 4.75. The number of rotatable bonds is 3. The van der Waals surface area contributed by atoms with Gasteiger partial charge in [0, 0.05) is 19.6 Å². The number of fused-ring (bicyclic) bond motifs is 1. The maximum atomic E-state index is 2.46. The first-order chi connectivity index (χ1) is 8.92. The molecule has 1 nitrogen and oxygen atoms in total. The maximum Gasteiger partial charge on any atom is 0.0243 e. The van der Waals surface area contributed by atoms with Gasteiger partial charge in [-0.15, -0.1) is 0 Å². The summed E-state index contributed by atoms with van der Waals surface area (Å²) < 4.78 is 0. The lowest BCUT2D eigenvalue weighted by atomic mass is 10.1. The predicted molar refractivity (Wildman–Crippen MR) is 76.0 cm³/mol. The van der Waals surface area contributed by atoms with Gasteiger partial charge in [-0.2, -0.15) is 0 Å². The van der Waals surface area contributed by atoms with E-state index in [4.69, 9.17) is 0 Å². The van der Waals surface area contributed by atoms with Gasteiger partial charge in [-0.05, 0) is 16.7 Å². The Bertz CT molecular complexity index is 518. The summed E-state index contributed by atoms with van der Waals surface area (Å²) in [7, 11) is 0. The molecule has 0 amide bonds. The van der Waals surface area contributed by atoms with E-state index in [0.29, 0.717) is 0 Å². The van der Waals surface area contributed by atoms with Crippen LogP contribution in [0.25, 0.3) is 6.08 Å². The maximum absolute atomic E-state index is 2.46. The fraction of sp³-hybridized carbons (Fsp3) is 0.176. The van der Waals surface area contributed by atoms with Crippen LogP contribution in [-0.2, 0) is 13.1 Å². The van der Waals surface area contributed by atoms with Crippen molar-refractivity contribution in [3.63, 3.8) is 0 Å². The van der Waals surface area contributed by atoms with E-state index in [0.717, 1.165) is 19.6 Å². The topological polar surface area (TPSA) is 3.24 Å². The summed E-state index contributed by atoms with van der Waals surface area (Å²) in [4.78, 5) is 2.46. The Morgan fingerprint density at radius 1 is 0.833 bits per heavy atom. The molecule has 0 radical (unpaired) electrons. The number of benzene rings is 2. The van der Waals surface area contributed by atoms with Crippen molar-refractivity contribution in [2.45, 2.75) is 13.1 Å². The average molecular weight is 235 g/mol. The molecule has 1 heteroatoms. The summed E-state index contributed by atoms with van der Waals surface area (Å²) in [6, 6.07) is 19.2. The van der Waals surface area contributed by atoms with Crippen molar-refractivity contribution in [1.82, 2.24) is 4.90 Å². The number of hydrogen-bond donors (Lipinski definition) is 0. The second-order valence-electron chi connectivity index (χ2n) is 4.75. The van der Waals surface area contributed by atoms with Crippen molar-refractivity contribution in [2.24, 2.45) is 0 Å². The van der Waals surface area contributed by atoms with Crippen LogP contribution in [0.5, 0.6) is 0 Å². The van der Waals surface area contributed by atoms with Crippen LogP contribution in [-0.4, -0.2) is 11.4 Å². The van der Waals surface area contributed by atoms with Crippen molar-refractivity contribution in [3.05, 3.63) is 77.4 Å². The highest BCUT2D eigenvalue weighted by Crippen LogP contribution is 2.21. The smallest absolute Gasteiger partial charge is 0.0243 e. The Kier molecular flexibility index (Phi) is 3.24. The Labute approximate surface area is 108 Å². The molecule has 0 aliphatic carbocycles. The predicted octanol–water partition coefficient (Wildman–Crippen LogP) is 3.72. The highest BCUT2D eigenvalue weighted by atomic mass is 15.1. The van der Waals surface area contributed by atoms with E-state index in [1.54, 1.807) is 0 Å². The average Bonchev–Trinajstić information content (AvgIpc) is 2.82. The molecule has 90 valence electrons. The lowest BCUT2D eigenvalue weighted by molar-refractivity contribution is 0.317. The Morgan fingerprint density at radius 3 is 2.11 bits per heavy atom. The molecule has 3 rings (SSSR count). The number of hydrogen-bond acceptors (Lipinski definition) is 1. The van der Waals surface area contributed by atoms with Crippen LogP contribution in [0.4, 0.5) is 0 Å². The molecule has 2 aromatic carbocycles. The minimum absolute atomic E-state index is 1.02. The molecule has 0 atom stereocenters. The van der Waals surface area contributed by atoms with Gasteiger partial charge in [-0.25, -0.2) is 0 Å².